The van der Waals surface area contributed by atoms with Crippen LogP contribution in [-0.4, -0.2) is 28.5 Å². The van der Waals surface area contributed by atoms with Gasteiger partial charge in [0, 0.05) is 21.3 Å². The number of benzene rings is 3. The molecule has 1 aliphatic rings. The number of carbonyl (C=O) groups is 2. The molecule has 0 aliphatic carbocycles. The van der Waals surface area contributed by atoms with Crippen LogP contribution in [0.25, 0.3) is 5.76 Å². The second-order valence-electron chi connectivity index (χ2n) is 7.72. The summed E-state index contributed by atoms with van der Waals surface area (Å²) in [6, 6.07) is 15.0. The van der Waals surface area contributed by atoms with Crippen molar-refractivity contribution in [2.75, 3.05) is 11.5 Å². The Labute approximate surface area is 206 Å². The van der Waals surface area contributed by atoms with Gasteiger partial charge >= 0.3 is 0 Å². The first-order valence-corrected chi connectivity index (χ1v) is 11.3. The van der Waals surface area contributed by atoms with Gasteiger partial charge in [-0.3, -0.25) is 14.5 Å². The van der Waals surface area contributed by atoms with E-state index in [1.807, 2.05) is 0 Å². The van der Waals surface area contributed by atoms with Crippen LogP contribution in [0.2, 0.25) is 10.0 Å². The number of carbonyl (C=O) groups excluding carboxylic acids is 2. The minimum absolute atomic E-state index is 0.0867. The van der Waals surface area contributed by atoms with E-state index in [0.29, 0.717) is 39.0 Å². The second-order valence-corrected chi connectivity index (χ2v) is 8.57. The molecular formula is C26H21Cl2NO5. The van der Waals surface area contributed by atoms with Crippen molar-refractivity contribution in [3.63, 3.8) is 0 Å². The van der Waals surface area contributed by atoms with Crippen molar-refractivity contribution in [1.82, 2.24) is 0 Å². The van der Waals surface area contributed by atoms with Gasteiger partial charge in [0.25, 0.3) is 11.7 Å². The number of amides is 1. The number of hydrogen-bond acceptors (Lipinski definition) is 5. The predicted octanol–water partition coefficient (Wildman–Crippen LogP) is 6.03. The van der Waals surface area contributed by atoms with Gasteiger partial charge in [-0.15, -0.1) is 0 Å². The fourth-order valence-corrected chi connectivity index (χ4v) is 4.38. The third-order valence-electron chi connectivity index (χ3n) is 5.64. The third-order valence-corrected chi connectivity index (χ3v) is 6.29. The molecule has 1 aliphatic heterocycles. The lowest BCUT2D eigenvalue weighted by Crippen LogP contribution is -2.30. The lowest BCUT2D eigenvalue weighted by atomic mass is 9.94. The van der Waals surface area contributed by atoms with Crippen LogP contribution in [-0.2, 0) is 9.59 Å². The molecule has 1 unspecified atom stereocenters. The number of hydrogen-bond donors (Lipinski definition) is 2. The number of nitrogens with zero attached hydrogens (tertiary/aromatic N) is 1. The van der Waals surface area contributed by atoms with Crippen LogP contribution in [0, 0.1) is 6.92 Å². The maximum Gasteiger partial charge on any atom is 0.300 e. The zero-order valence-electron chi connectivity index (χ0n) is 18.4. The van der Waals surface area contributed by atoms with Crippen molar-refractivity contribution >= 4 is 46.3 Å². The average Bonchev–Trinajstić information content (AvgIpc) is 3.07. The lowest BCUT2D eigenvalue weighted by molar-refractivity contribution is -0.132. The summed E-state index contributed by atoms with van der Waals surface area (Å²) in [6.07, 6.45) is 0. The van der Waals surface area contributed by atoms with Crippen molar-refractivity contribution in [1.29, 1.82) is 0 Å². The summed E-state index contributed by atoms with van der Waals surface area (Å²) < 4.78 is 5.51. The molecule has 2 N–H and O–H groups in total. The summed E-state index contributed by atoms with van der Waals surface area (Å²) in [5, 5.41) is 22.2. The molecule has 8 heteroatoms. The Balaban J connectivity index is 2.00. The van der Waals surface area contributed by atoms with Gasteiger partial charge < -0.3 is 14.9 Å². The Morgan fingerprint density at radius 2 is 1.79 bits per heavy atom. The monoisotopic (exact) mass is 497 g/mol. The minimum atomic E-state index is -1.00. The molecule has 6 nitrogen and oxygen atoms in total. The molecule has 1 amide bonds. The summed E-state index contributed by atoms with van der Waals surface area (Å²) >= 11 is 12.4. The molecule has 0 bridgehead atoms. The van der Waals surface area contributed by atoms with Crippen molar-refractivity contribution in [3.8, 4) is 11.5 Å². The molecule has 4 rings (SSSR count). The molecule has 0 saturated carbocycles. The maximum atomic E-state index is 13.3. The first-order chi connectivity index (χ1) is 16.2. The Morgan fingerprint density at radius 1 is 1.06 bits per heavy atom. The van der Waals surface area contributed by atoms with E-state index < -0.39 is 17.7 Å². The second kappa shape index (κ2) is 9.41. The summed E-state index contributed by atoms with van der Waals surface area (Å²) in [4.78, 5) is 27.9. The highest BCUT2D eigenvalue weighted by Gasteiger charge is 2.47. The number of aliphatic hydroxyl groups is 1. The van der Waals surface area contributed by atoms with E-state index in [1.54, 1.807) is 62.4 Å². The first kappa shape index (κ1) is 23.7. The molecule has 3 aromatic carbocycles. The van der Waals surface area contributed by atoms with Gasteiger partial charge in [0.15, 0.2) is 11.5 Å². The number of ether oxygens (including phenoxy) is 1. The molecule has 0 radical (unpaired) electrons. The number of aliphatic hydroxyl groups excluding tert-OH is 1. The predicted molar refractivity (Wildman–Crippen MR) is 132 cm³/mol. The van der Waals surface area contributed by atoms with Crippen LogP contribution in [0.15, 0.2) is 66.2 Å². The number of phenols is 1. The van der Waals surface area contributed by atoms with Gasteiger partial charge in [-0.2, -0.15) is 0 Å². The molecule has 1 fully saturated rings. The van der Waals surface area contributed by atoms with Gasteiger partial charge in [0.05, 0.1) is 18.2 Å². The summed E-state index contributed by atoms with van der Waals surface area (Å²) in [7, 11) is 0. The number of anilines is 1. The van der Waals surface area contributed by atoms with Gasteiger partial charge in [0.2, 0.25) is 0 Å². The van der Waals surface area contributed by atoms with E-state index in [9.17, 15) is 19.8 Å². The van der Waals surface area contributed by atoms with Crippen LogP contribution < -0.4 is 9.64 Å². The highest BCUT2D eigenvalue weighted by molar-refractivity contribution is 6.52. The zero-order chi connectivity index (χ0) is 24.6. The normalized spacial score (nSPS) is 17.3. The molecule has 0 spiro atoms. The molecule has 1 atom stereocenters. The maximum absolute atomic E-state index is 13.3. The highest BCUT2D eigenvalue weighted by atomic mass is 35.5. The van der Waals surface area contributed by atoms with Crippen LogP contribution in [0.3, 0.4) is 0 Å². The SMILES string of the molecule is CCOc1cc(C2/C(=C(\O)c3cccc(Cl)c3)C(=O)C(=O)N2c2cccc(Cl)c2C)ccc1O. The number of rotatable bonds is 5. The van der Waals surface area contributed by atoms with E-state index in [4.69, 9.17) is 27.9 Å². The van der Waals surface area contributed by atoms with Crippen molar-refractivity contribution in [3.05, 3.63) is 93.0 Å². The van der Waals surface area contributed by atoms with Gasteiger partial charge in [-0.25, -0.2) is 0 Å². The topological polar surface area (TPSA) is 87.1 Å². The molecule has 3 aromatic rings. The van der Waals surface area contributed by atoms with Gasteiger partial charge in [-0.05, 0) is 61.4 Å². The number of phenolic OH excluding ortho intramolecular Hbond substituents is 1. The average molecular weight is 498 g/mol. The zero-order valence-corrected chi connectivity index (χ0v) is 19.9. The van der Waals surface area contributed by atoms with Crippen molar-refractivity contribution in [2.24, 2.45) is 0 Å². The smallest absolute Gasteiger partial charge is 0.300 e. The van der Waals surface area contributed by atoms with E-state index in [2.05, 4.69) is 0 Å². The fraction of sp³-hybridized carbons (Fsp3) is 0.154. The number of ketones is 1. The lowest BCUT2D eigenvalue weighted by Gasteiger charge is -2.27. The molecular weight excluding hydrogens is 477 g/mol. The summed E-state index contributed by atoms with van der Waals surface area (Å²) in [5.41, 5.74) is 1.67. The third kappa shape index (κ3) is 4.11. The van der Waals surface area contributed by atoms with Gasteiger partial charge in [-0.1, -0.05) is 47.5 Å². The van der Waals surface area contributed by atoms with E-state index in [-0.39, 0.29) is 22.8 Å². The Bertz CT molecular complexity index is 1330. The number of halogens is 2. The van der Waals surface area contributed by atoms with Crippen LogP contribution in [0.4, 0.5) is 5.69 Å². The number of aromatic hydroxyl groups is 1. The van der Waals surface area contributed by atoms with Crippen molar-refractivity contribution in [2.45, 2.75) is 19.9 Å². The molecule has 174 valence electrons. The Kier molecular flexibility index (Phi) is 6.55. The summed E-state index contributed by atoms with van der Waals surface area (Å²) in [5.74, 6) is -1.93. The van der Waals surface area contributed by atoms with E-state index in [0.717, 1.165) is 0 Å². The summed E-state index contributed by atoms with van der Waals surface area (Å²) in [6.45, 7) is 3.81. The standard InChI is InChI=1S/C26H21Cl2NO5/c1-3-34-21-13-15(10-11-20(21)30)23-22(24(31)16-6-4-7-17(27)12-16)25(32)26(33)29(23)19-9-5-8-18(28)14(19)2/h4-13,23,30-31H,3H2,1-2H3/b24-22+. The number of Topliss-reactive ketones (excluding diaryl/α,β-unsaturated/α-hetero) is 1. The van der Waals surface area contributed by atoms with E-state index in [1.165, 1.54) is 17.0 Å². The Morgan fingerprint density at radius 3 is 2.50 bits per heavy atom. The first-order valence-electron chi connectivity index (χ1n) is 10.5. The fourth-order valence-electron chi connectivity index (χ4n) is 4.02. The van der Waals surface area contributed by atoms with Crippen LogP contribution in [0.1, 0.15) is 29.7 Å². The van der Waals surface area contributed by atoms with E-state index >= 15 is 0 Å². The minimum Gasteiger partial charge on any atom is -0.507 e. The highest BCUT2D eigenvalue weighted by Crippen LogP contribution is 2.45. The molecule has 1 heterocycles. The molecule has 0 aromatic heterocycles. The Hall–Kier alpha value is -3.48. The quantitative estimate of drug-likeness (QED) is 0.255. The van der Waals surface area contributed by atoms with Crippen LogP contribution >= 0.6 is 23.2 Å². The van der Waals surface area contributed by atoms with Crippen LogP contribution in [0.5, 0.6) is 11.5 Å². The largest absolute Gasteiger partial charge is 0.507 e. The molecule has 34 heavy (non-hydrogen) atoms. The van der Waals surface area contributed by atoms with Crippen molar-refractivity contribution < 1.29 is 24.5 Å². The molecule has 1 saturated heterocycles. The van der Waals surface area contributed by atoms with Gasteiger partial charge in [0.1, 0.15) is 5.76 Å².